The molecule has 1 aliphatic carbocycles. The number of nitrogens with zero attached hydrogens (tertiary/aromatic N) is 3. The van der Waals surface area contributed by atoms with Crippen LogP contribution in [0.4, 0.5) is 0 Å². The number of nitrogens with one attached hydrogen (secondary N) is 2. The summed E-state index contributed by atoms with van der Waals surface area (Å²) in [4.78, 5) is 20.3. The maximum absolute atomic E-state index is 12.4. The first-order valence-corrected chi connectivity index (χ1v) is 10.9. The summed E-state index contributed by atoms with van der Waals surface area (Å²) < 4.78 is 1.93. The van der Waals surface area contributed by atoms with Gasteiger partial charge in [0, 0.05) is 23.3 Å². The van der Waals surface area contributed by atoms with Crippen LogP contribution >= 0.6 is 11.3 Å². The van der Waals surface area contributed by atoms with Gasteiger partial charge < -0.3 is 10.3 Å². The Bertz CT molecular complexity index is 991. The van der Waals surface area contributed by atoms with Crippen molar-refractivity contribution in [3.63, 3.8) is 0 Å². The second kappa shape index (κ2) is 7.20. The van der Waals surface area contributed by atoms with Crippen molar-refractivity contribution in [2.24, 2.45) is 0 Å². The van der Waals surface area contributed by atoms with Crippen LogP contribution < -0.4 is 10.9 Å². The van der Waals surface area contributed by atoms with Gasteiger partial charge in [-0.25, -0.2) is 9.50 Å². The SMILES string of the molecule is O=c1cc(C2CCNCC2)n2ncc(-c3nc(C4CCCCC4)cs3)c2[nH]1. The Labute approximate surface area is 162 Å². The van der Waals surface area contributed by atoms with Crippen LogP contribution in [0.5, 0.6) is 0 Å². The quantitative estimate of drug-likeness (QED) is 0.724. The minimum Gasteiger partial charge on any atom is -0.317 e. The van der Waals surface area contributed by atoms with E-state index in [0.717, 1.165) is 47.8 Å². The number of hydrogen-bond acceptors (Lipinski definition) is 5. The van der Waals surface area contributed by atoms with E-state index in [1.165, 1.54) is 37.8 Å². The maximum atomic E-state index is 12.4. The molecule has 4 heterocycles. The Morgan fingerprint density at radius 2 is 1.89 bits per heavy atom. The van der Waals surface area contributed by atoms with Gasteiger partial charge >= 0.3 is 0 Å². The van der Waals surface area contributed by atoms with Crippen molar-refractivity contribution in [3.8, 4) is 10.6 Å². The molecular formula is C20H25N5OS. The zero-order valence-corrected chi connectivity index (χ0v) is 16.2. The molecule has 0 spiro atoms. The third-order valence-corrected chi connectivity index (χ3v) is 6.96. The normalized spacial score (nSPS) is 19.7. The van der Waals surface area contributed by atoms with Crippen molar-refractivity contribution < 1.29 is 0 Å². The average Bonchev–Trinajstić information content (AvgIpc) is 3.35. The van der Waals surface area contributed by atoms with Gasteiger partial charge in [0.1, 0.15) is 10.7 Å². The van der Waals surface area contributed by atoms with E-state index in [0.29, 0.717) is 11.8 Å². The Kier molecular flexibility index (Phi) is 4.57. The number of aromatic amines is 1. The molecule has 142 valence electrons. The molecule has 7 heteroatoms. The molecule has 0 unspecified atom stereocenters. The van der Waals surface area contributed by atoms with E-state index >= 15 is 0 Å². The monoisotopic (exact) mass is 383 g/mol. The van der Waals surface area contributed by atoms with Crippen LogP contribution in [-0.2, 0) is 0 Å². The van der Waals surface area contributed by atoms with Crippen molar-refractivity contribution in [1.29, 1.82) is 0 Å². The molecule has 27 heavy (non-hydrogen) atoms. The molecule has 2 fully saturated rings. The summed E-state index contributed by atoms with van der Waals surface area (Å²) in [6, 6.07) is 1.72. The smallest absolute Gasteiger partial charge is 0.251 e. The highest BCUT2D eigenvalue weighted by molar-refractivity contribution is 7.13. The van der Waals surface area contributed by atoms with E-state index in [4.69, 9.17) is 4.98 Å². The van der Waals surface area contributed by atoms with E-state index in [1.807, 2.05) is 10.7 Å². The standard InChI is InChI=1S/C20H25N5OS/c26-18-10-17(14-6-8-21-9-7-14)25-19(24-18)15(11-22-25)20-23-16(12-27-20)13-4-2-1-3-5-13/h10-14,21H,1-9H2,(H,24,26). The third-order valence-electron chi connectivity index (χ3n) is 6.07. The largest absolute Gasteiger partial charge is 0.317 e. The molecule has 2 aliphatic rings. The first-order valence-electron chi connectivity index (χ1n) is 10.1. The average molecular weight is 384 g/mol. The summed E-state index contributed by atoms with van der Waals surface area (Å²) in [5.74, 6) is 0.966. The summed E-state index contributed by atoms with van der Waals surface area (Å²) in [7, 11) is 0. The Morgan fingerprint density at radius 3 is 2.70 bits per heavy atom. The maximum Gasteiger partial charge on any atom is 0.251 e. The van der Waals surface area contributed by atoms with Crippen LogP contribution in [0.25, 0.3) is 16.2 Å². The fourth-order valence-corrected chi connectivity index (χ4v) is 5.49. The van der Waals surface area contributed by atoms with Crippen LogP contribution in [-0.4, -0.2) is 32.7 Å². The predicted molar refractivity (Wildman–Crippen MR) is 108 cm³/mol. The minimum atomic E-state index is -0.0538. The first kappa shape index (κ1) is 17.1. The summed E-state index contributed by atoms with van der Waals surface area (Å²) >= 11 is 1.67. The van der Waals surface area contributed by atoms with E-state index in [-0.39, 0.29) is 5.56 Å². The number of fused-ring (bicyclic) bond motifs is 1. The predicted octanol–water partition coefficient (Wildman–Crippen LogP) is 3.66. The Morgan fingerprint density at radius 1 is 1.07 bits per heavy atom. The highest BCUT2D eigenvalue weighted by Gasteiger charge is 2.23. The second-order valence-electron chi connectivity index (χ2n) is 7.81. The molecule has 1 aliphatic heterocycles. The van der Waals surface area contributed by atoms with Crippen molar-refractivity contribution in [2.45, 2.75) is 56.8 Å². The van der Waals surface area contributed by atoms with E-state index in [2.05, 4.69) is 20.8 Å². The molecule has 0 aromatic carbocycles. The molecule has 0 amide bonds. The summed E-state index contributed by atoms with van der Waals surface area (Å²) in [5.41, 5.74) is 3.90. The molecule has 0 atom stereocenters. The van der Waals surface area contributed by atoms with Crippen LogP contribution in [0.15, 0.2) is 22.4 Å². The lowest BCUT2D eigenvalue weighted by atomic mass is 9.87. The van der Waals surface area contributed by atoms with Crippen molar-refractivity contribution in [1.82, 2.24) is 24.9 Å². The highest BCUT2D eigenvalue weighted by atomic mass is 32.1. The zero-order chi connectivity index (χ0) is 18.2. The lowest BCUT2D eigenvalue weighted by molar-refractivity contribution is 0.438. The molecule has 1 saturated heterocycles. The van der Waals surface area contributed by atoms with Gasteiger partial charge in [0.25, 0.3) is 5.56 Å². The lowest BCUT2D eigenvalue weighted by Crippen LogP contribution is -2.28. The number of H-pyrrole nitrogens is 1. The summed E-state index contributed by atoms with van der Waals surface area (Å²) in [6.07, 6.45) is 10.4. The van der Waals surface area contributed by atoms with Crippen molar-refractivity contribution >= 4 is 17.0 Å². The Hall–Kier alpha value is -1.99. The highest BCUT2D eigenvalue weighted by Crippen LogP contribution is 2.36. The topological polar surface area (TPSA) is 75.1 Å². The number of rotatable bonds is 3. The number of thiazole rings is 1. The van der Waals surface area contributed by atoms with Gasteiger partial charge in [0.05, 0.1) is 23.1 Å². The molecule has 6 nitrogen and oxygen atoms in total. The summed E-state index contributed by atoms with van der Waals surface area (Å²) in [5, 5.41) is 11.2. The molecular weight excluding hydrogens is 358 g/mol. The van der Waals surface area contributed by atoms with Gasteiger partial charge in [-0.15, -0.1) is 11.3 Å². The molecule has 0 bridgehead atoms. The first-order chi connectivity index (χ1) is 13.3. The van der Waals surface area contributed by atoms with Gasteiger partial charge in [0.15, 0.2) is 0 Å². The van der Waals surface area contributed by atoms with Gasteiger partial charge in [0.2, 0.25) is 0 Å². The number of hydrogen-bond donors (Lipinski definition) is 2. The van der Waals surface area contributed by atoms with Crippen LogP contribution in [0.2, 0.25) is 0 Å². The van der Waals surface area contributed by atoms with E-state index in [1.54, 1.807) is 17.4 Å². The van der Waals surface area contributed by atoms with Gasteiger partial charge in [-0.3, -0.25) is 4.79 Å². The molecule has 1 saturated carbocycles. The number of aromatic nitrogens is 4. The van der Waals surface area contributed by atoms with Gasteiger partial charge in [-0.05, 0) is 38.8 Å². The molecule has 3 aromatic rings. The van der Waals surface area contributed by atoms with Crippen LogP contribution in [0.1, 0.15) is 68.2 Å². The minimum absolute atomic E-state index is 0.0538. The van der Waals surface area contributed by atoms with Gasteiger partial charge in [-0.2, -0.15) is 5.10 Å². The fourth-order valence-electron chi connectivity index (χ4n) is 4.57. The van der Waals surface area contributed by atoms with E-state index in [9.17, 15) is 4.79 Å². The molecule has 0 radical (unpaired) electrons. The number of piperidine rings is 1. The molecule has 2 N–H and O–H groups in total. The van der Waals surface area contributed by atoms with Crippen LogP contribution in [0, 0.1) is 0 Å². The Balaban J connectivity index is 1.53. The van der Waals surface area contributed by atoms with Crippen molar-refractivity contribution in [2.75, 3.05) is 13.1 Å². The third kappa shape index (κ3) is 3.23. The van der Waals surface area contributed by atoms with Crippen LogP contribution in [0.3, 0.4) is 0 Å². The van der Waals surface area contributed by atoms with Gasteiger partial charge in [-0.1, -0.05) is 19.3 Å². The summed E-state index contributed by atoms with van der Waals surface area (Å²) in [6.45, 7) is 1.98. The lowest BCUT2D eigenvalue weighted by Gasteiger charge is -2.23. The second-order valence-corrected chi connectivity index (χ2v) is 8.67. The fraction of sp³-hybridized carbons (Fsp3) is 0.550. The molecule has 5 rings (SSSR count). The molecule has 3 aromatic heterocycles. The van der Waals surface area contributed by atoms with Crippen molar-refractivity contribution in [3.05, 3.63) is 39.4 Å². The zero-order valence-electron chi connectivity index (χ0n) is 15.4. The van der Waals surface area contributed by atoms with E-state index < -0.39 is 0 Å².